The summed E-state index contributed by atoms with van der Waals surface area (Å²) in [6.07, 6.45) is 0. The van der Waals surface area contributed by atoms with E-state index in [1.54, 1.807) is 10.8 Å². The molecule has 0 heterocycles. The lowest BCUT2D eigenvalue weighted by molar-refractivity contribution is -0.0328. The summed E-state index contributed by atoms with van der Waals surface area (Å²) >= 11 is 1.49. The molecule has 4 nitrogen and oxygen atoms in total. The van der Waals surface area contributed by atoms with E-state index in [0.29, 0.717) is 0 Å². The zero-order valence-electron chi connectivity index (χ0n) is 10.9. The monoisotopic (exact) mass is 278 g/mol. The van der Waals surface area contributed by atoms with Crippen LogP contribution in [-0.4, -0.2) is 46.9 Å². The van der Waals surface area contributed by atoms with Crippen molar-refractivity contribution in [3.05, 3.63) is 50.3 Å². The molecule has 0 aliphatic heterocycles. The number of hydrogen-bond acceptors (Lipinski definition) is 5. The molecular weight excluding hydrogens is 252 g/mol. The molecule has 0 unspecified atom stereocenters. The van der Waals surface area contributed by atoms with Gasteiger partial charge in [-0.3, -0.25) is 0 Å². The molecule has 0 spiro atoms. The number of aliphatic hydroxyl groups excluding tert-OH is 4. The highest BCUT2D eigenvalue weighted by molar-refractivity contribution is 8.04. The molecule has 0 aromatic rings. The van der Waals surface area contributed by atoms with Crippen LogP contribution in [-0.2, 0) is 0 Å². The van der Waals surface area contributed by atoms with Crippen molar-refractivity contribution < 1.29 is 20.4 Å². The zero-order chi connectivity index (χ0) is 15.4. The van der Waals surface area contributed by atoms with Crippen LogP contribution in [0, 0.1) is 5.41 Å². The molecule has 0 aliphatic rings. The predicted octanol–water partition coefficient (Wildman–Crippen LogP) is 1.55. The standard InChI is InChI=1S/C5H12O4.C4H6S.2C2H4/c6-1-5(2-7,3-8)4-9;1-3-5-4-2;2*1-2/h6-9H,1-4H2;3-4H,1-2H2;2*1-2H2. The number of thioether (sulfide) groups is 1. The quantitative estimate of drug-likeness (QED) is 0.554. The van der Waals surface area contributed by atoms with Gasteiger partial charge in [0, 0.05) is 0 Å². The van der Waals surface area contributed by atoms with Crippen LogP contribution < -0.4 is 0 Å². The van der Waals surface area contributed by atoms with Gasteiger partial charge in [0.15, 0.2) is 0 Å². The van der Waals surface area contributed by atoms with E-state index < -0.39 is 31.8 Å². The third-order valence-electron chi connectivity index (χ3n) is 1.53. The van der Waals surface area contributed by atoms with Gasteiger partial charge in [-0.1, -0.05) is 13.2 Å². The van der Waals surface area contributed by atoms with E-state index in [4.69, 9.17) is 20.4 Å². The molecule has 0 rings (SSSR count). The van der Waals surface area contributed by atoms with Gasteiger partial charge in [0.2, 0.25) is 0 Å². The summed E-state index contributed by atoms with van der Waals surface area (Å²) in [5, 5.41) is 37.4. The maximum atomic E-state index is 8.50. The van der Waals surface area contributed by atoms with Crippen LogP contribution in [0.5, 0.6) is 0 Å². The maximum Gasteiger partial charge on any atom is 0.0627 e. The molecule has 0 atom stereocenters. The Balaban J connectivity index is -0.0000000925. The maximum absolute atomic E-state index is 8.50. The molecule has 0 radical (unpaired) electrons. The van der Waals surface area contributed by atoms with Crippen molar-refractivity contribution in [3.8, 4) is 0 Å². The fourth-order valence-corrected chi connectivity index (χ4v) is 0.504. The van der Waals surface area contributed by atoms with E-state index in [1.165, 1.54) is 11.8 Å². The second-order valence-electron chi connectivity index (χ2n) is 2.60. The zero-order valence-corrected chi connectivity index (χ0v) is 11.7. The van der Waals surface area contributed by atoms with Gasteiger partial charge in [-0.2, -0.15) is 0 Å². The van der Waals surface area contributed by atoms with E-state index in [-0.39, 0.29) is 0 Å². The molecule has 0 saturated heterocycles. The van der Waals surface area contributed by atoms with Crippen LogP contribution in [0.2, 0.25) is 0 Å². The Hall–Kier alpha value is -0.850. The Bertz CT molecular complexity index is 145. The third-order valence-corrected chi connectivity index (χ3v) is 1.92. The minimum absolute atomic E-state index is 0.406. The summed E-state index contributed by atoms with van der Waals surface area (Å²) in [6.45, 7) is 17.3. The summed E-state index contributed by atoms with van der Waals surface area (Å²) in [6, 6.07) is 0. The molecule has 0 aromatic heterocycles. The summed E-state index contributed by atoms with van der Waals surface area (Å²) in [5.74, 6) is 0. The first kappa shape index (κ1) is 25.9. The fourth-order valence-electron chi connectivity index (χ4n) is 0.368. The van der Waals surface area contributed by atoms with Crippen molar-refractivity contribution in [3.63, 3.8) is 0 Å². The summed E-state index contributed by atoms with van der Waals surface area (Å²) in [4.78, 5) is 0. The molecular formula is C13H26O4S. The van der Waals surface area contributed by atoms with Gasteiger partial charge < -0.3 is 20.4 Å². The molecule has 0 bridgehead atoms. The summed E-state index contributed by atoms with van der Waals surface area (Å²) in [7, 11) is 0. The Labute approximate surface area is 115 Å². The normalized spacial score (nSPS) is 8.22. The van der Waals surface area contributed by atoms with E-state index in [9.17, 15) is 0 Å². The highest BCUT2D eigenvalue weighted by atomic mass is 32.2. The van der Waals surface area contributed by atoms with Crippen molar-refractivity contribution in [2.45, 2.75) is 0 Å². The molecule has 18 heavy (non-hydrogen) atoms. The van der Waals surface area contributed by atoms with Crippen LogP contribution >= 0.6 is 11.8 Å². The Morgan fingerprint density at radius 3 is 0.944 bits per heavy atom. The van der Waals surface area contributed by atoms with Crippen LogP contribution in [0.1, 0.15) is 0 Å². The van der Waals surface area contributed by atoms with Gasteiger partial charge in [0.25, 0.3) is 0 Å². The highest BCUT2D eigenvalue weighted by Crippen LogP contribution is 2.11. The van der Waals surface area contributed by atoms with Crippen LogP contribution in [0.3, 0.4) is 0 Å². The van der Waals surface area contributed by atoms with Gasteiger partial charge in [-0.15, -0.1) is 38.1 Å². The average Bonchev–Trinajstić information content (AvgIpc) is 2.48. The summed E-state index contributed by atoms with van der Waals surface area (Å²) in [5.41, 5.74) is -1.11. The largest absolute Gasteiger partial charge is 0.396 e. The van der Waals surface area contributed by atoms with Gasteiger partial charge >= 0.3 is 0 Å². The molecule has 0 saturated carbocycles. The van der Waals surface area contributed by atoms with Crippen molar-refractivity contribution in [1.29, 1.82) is 0 Å². The van der Waals surface area contributed by atoms with Gasteiger partial charge in [-0.25, -0.2) is 0 Å². The molecule has 108 valence electrons. The van der Waals surface area contributed by atoms with Crippen molar-refractivity contribution in [2.75, 3.05) is 26.4 Å². The van der Waals surface area contributed by atoms with Gasteiger partial charge in [0.1, 0.15) is 0 Å². The summed E-state index contributed by atoms with van der Waals surface area (Å²) < 4.78 is 0. The SMILES string of the molecule is C=C.C=C.C=CSC=C.OCC(CO)(CO)CO. The average molecular weight is 278 g/mol. The molecule has 0 aliphatic carbocycles. The first-order valence-electron chi connectivity index (χ1n) is 4.97. The molecule has 0 aromatic carbocycles. The molecule has 5 heteroatoms. The van der Waals surface area contributed by atoms with E-state index in [0.717, 1.165) is 0 Å². The predicted molar refractivity (Wildman–Crippen MR) is 81.3 cm³/mol. The lowest BCUT2D eigenvalue weighted by Gasteiger charge is -2.23. The van der Waals surface area contributed by atoms with E-state index in [2.05, 4.69) is 39.5 Å². The van der Waals surface area contributed by atoms with E-state index >= 15 is 0 Å². The van der Waals surface area contributed by atoms with Gasteiger partial charge in [0.05, 0.1) is 31.8 Å². The number of hydrogen-bond donors (Lipinski definition) is 4. The minimum atomic E-state index is -1.11. The van der Waals surface area contributed by atoms with Crippen LogP contribution in [0.4, 0.5) is 0 Å². The van der Waals surface area contributed by atoms with Crippen molar-refractivity contribution in [1.82, 2.24) is 0 Å². The second kappa shape index (κ2) is 25.1. The van der Waals surface area contributed by atoms with Crippen LogP contribution in [0.15, 0.2) is 50.3 Å². The Kier molecular flexibility index (Phi) is 36.1. The third kappa shape index (κ3) is 17.5. The molecule has 0 amide bonds. The molecule has 0 fully saturated rings. The second-order valence-corrected chi connectivity index (χ2v) is 3.54. The first-order chi connectivity index (χ1) is 8.66. The lowest BCUT2D eigenvalue weighted by Crippen LogP contribution is -2.37. The van der Waals surface area contributed by atoms with E-state index in [1.807, 2.05) is 0 Å². The number of aliphatic hydroxyl groups is 4. The number of rotatable bonds is 6. The highest BCUT2D eigenvalue weighted by Gasteiger charge is 2.26. The van der Waals surface area contributed by atoms with Crippen LogP contribution in [0.25, 0.3) is 0 Å². The van der Waals surface area contributed by atoms with Gasteiger partial charge in [-0.05, 0) is 10.8 Å². The Morgan fingerprint density at radius 1 is 0.722 bits per heavy atom. The van der Waals surface area contributed by atoms with Crippen molar-refractivity contribution in [2.24, 2.45) is 5.41 Å². The Morgan fingerprint density at radius 2 is 0.944 bits per heavy atom. The lowest BCUT2D eigenvalue weighted by atomic mass is 9.93. The topological polar surface area (TPSA) is 80.9 Å². The fraction of sp³-hybridized carbons (Fsp3) is 0.385. The first-order valence-corrected chi connectivity index (χ1v) is 5.91. The smallest absolute Gasteiger partial charge is 0.0627 e. The molecule has 4 N–H and O–H groups in total. The van der Waals surface area contributed by atoms with Crippen molar-refractivity contribution >= 4 is 11.8 Å². The minimum Gasteiger partial charge on any atom is -0.396 e.